The van der Waals surface area contributed by atoms with Crippen LogP contribution >= 0.6 is 0 Å². The van der Waals surface area contributed by atoms with E-state index in [2.05, 4.69) is 4.74 Å². The maximum absolute atomic E-state index is 11.5. The van der Waals surface area contributed by atoms with Crippen LogP contribution in [0.25, 0.3) is 0 Å². The second-order valence-corrected chi connectivity index (χ2v) is 5.42. The molecule has 9 heteroatoms. The van der Waals surface area contributed by atoms with Gasteiger partial charge in [-0.2, -0.15) is 4.72 Å². The first kappa shape index (κ1) is 16.8. The van der Waals surface area contributed by atoms with E-state index in [9.17, 15) is 18.0 Å². The smallest absolute Gasteiger partial charge is 0.324 e. The number of aliphatic hydroxyl groups is 1. The van der Waals surface area contributed by atoms with E-state index in [4.69, 9.17) is 10.2 Å². The van der Waals surface area contributed by atoms with Crippen LogP contribution in [0.15, 0.2) is 0 Å². The number of rotatable bonds is 8. The van der Waals surface area contributed by atoms with Crippen molar-refractivity contribution in [2.75, 3.05) is 12.4 Å². The molecule has 18 heavy (non-hydrogen) atoms. The van der Waals surface area contributed by atoms with Crippen LogP contribution in [0.1, 0.15) is 20.3 Å². The summed E-state index contributed by atoms with van der Waals surface area (Å²) in [5.41, 5.74) is 0. The highest BCUT2D eigenvalue weighted by Crippen LogP contribution is 1.99. The van der Waals surface area contributed by atoms with Gasteiger partial charge in [-0.05, 0) is 13.8 Å². The van der Waals surface area contributed by atoms with E-state index in [1.54, 1.807) is 11.6 Å². The number of ether oxygens (including phenoxy) is 1. The van der Waals surface area contributed by atoms with Crippen LogP contribution in [0.5, 0.6) is 0 Å². The summed E-state index contributed by atoms with van der Waals surface area (Å²) >= 11 is 0. The van der Waals surface area contributed by atoms with Crippen LogP contribution in [-0.4, -0.2) is 55.1 Å². The van der Waals surface area contributed by atoms with Gasteiger partial charge in [0.15, 0.2) is 0 Å². The van der Waals surface area contributed by atoms with Gasteiger partial charge in [0.2, 0.25) is 10.0 Å². The van der Waals surface area contributed by atoms with Crippen LogP contribution in [0, 0.1) is 0 Å². The van der Waals surface area contributed by atoms with Crippen molar-refractivity contribution in [2.45, 2.75) is 32.4 Å². The summed E-state index contributed by atoms with van der Waals surface area (Å²) in [4.78, 5) is 21.6. The Bertz CT molecular complexity index is 390. The third kappa shape index (κ3) is 6.52. The number of carboxylic acid groups (broad SMARTS) is 1. The zero-order valence-electron chi connectivity index (χ0n) is 10.1. The lowest BCUT2D eigenvalue weighted by Gasteiger charge is -2.16. The number of hydrogen-bond donors (Lipinski definition) is 3. The molecule has 0 heterocycles. The van der Waals surface area contributed by atoms with Crippen molar-refractivity contribution in [3.8, 4) is 0 Å². The third-order valence-electron chi connectivity index (χ3n) is 1.94. The Kier molecular flexibility index (Phi) is 6.81. The van der Waals surface area contributed by atoms with Gasteiger partial charge >= 0.3 is 11.9 Å². The summed E-state index contributed by atoms with van der Waals surface area (Å²) in [6.07, 6.45) is -1.77. The summed E-state index contributed by atoms with van der Waals surface area (Å²) in [7, 11) is -3.98. The van der Waals surface area contributed by atoms with Gasteiger partial charge < -0.3 is 14.9 Å². The van der Waals surface area contributed by atoms with Crippen molar-refractivity contribution in [1.82, 2.24) is 4.72 Å². The molecule has 2 unspecified atom stereocenters. The number of carbonyl (C=O) groups excluding carboxylic acids is 1. The molecular weight excluding hydrogens is 266 g/mol. The summed E-state index contributed by atoms with van der Waals surface area (Å²) in [6.45, 7) is 2.86. The molecule has 0 aromatic heterocycles. The quantitative estimate of drug-likeness (QED) is 0.471. The van der Waals surface area contributed by atoms with Gasteiger partial charge in [-0.25, -0.2) is 8.42 Å². The molecule has 0 fully saturated rings. The molecule has 0 aromatic carbocycles. The number of nitrogens with one attached hydrogen (secondary N) is 1. The number of carboxylic acids is 1. The molecule has 0 rings (SSSR count). The molecule has 0 radical (unpaired) electrons. The Balaban J connectivity index is 4.46. The van der Waals surface area contributed by atoms with Crippen molar-refractivity contribution in [3.05, 3.63) is 0 Å². The minimum Gasteiger partial charge on any atom is -0.480 e. The normalized spacial score (nSPS) is 14.8. The van der Waals surface area contributed by atoms with E-state index in [1.807, 2.05) is 0 Å². The number of aliphatic hydroxyl groups excluding tert-OH is 1. The Morgan fingerprint density at radius 1 is 1.39 bits per heavy atom. The van der Waals surface area contributed by atoms with Gasteiger partial charge in [-0.3, -0.25) is 9.59 Å². The third-order valence-corrected chi connectivity index (χ3v) is 3.29. The van der Waals surface area contributed by atoms with E-state index in [0.717, 1.165) is 6.92 Å². The maximum Gasteiger partial charge on any atom is 0.324 e. The fourth-order valence-corrected chi connectivity index (χ4v) is 2.30. The van der Waals surface area contributed by atoms with Crippen LogP contribution in [0.3, 0.4) is 0 Å². The largest absolute Gasteiger partial charge is 0.480 e. The Morgan fingerprint density at radius 2 is 1.94 bits per heavy atom. The van der Waals surface area contributed by atoms with Gasteiger partial charge in [0.25, 0.3) is 0 Å². The molecule has 0 spiro atoms. The fraction of sp³-hybridized carbons (Fsp3) is 0.778. The maximum atomic E-state index is 11.5. The zero-order valence-corrected chi connectivity index (χ0v) is 10.9. The molecule has 0 bridgehead atoms. The topological polar surface area (TPSA) is 130 Å². The number of esters is 1. The van der Waals surface area contributed by atoms with Gasteiger partial charge in [-0.1, -0.05) is 0 Å². The monoisotopic (exact) mass is 283 g/mol. The summed E-state index contributed by atoms with van der Waals surface area (Å²) in [5, 5.41) is 17.8. The number of aliphatic carboxylic acids is 1. The number of hydrogen-bond acceptors (Lipinski definition) is 6. The van der Waals surface area contributed by atoms with Crippen LogP contribution in [-0.2, 0) is 24.3 Å². The molecule has 106 valence electrons. The Morgan fingerprint density at radius 3 is 2.33 bits per heavy atom. The molecule has 2 atom stereocenters. The Labute approximate surface area is 105 Å². The standard InChI is InChI=1S/C9H17NO7S/c1-3-17-7(12)4-5-18(15,16)10-8(6(2)11)9(13)14/h6,8,10-11H,3-5H2,1-2H3,(H,13,14). The molecule has 8 nitrogen and oxygen atoms in total. The predicted molar refractivity (Wildman–Crippen MR) is 61.3 cm³/mol. The second kappa shape index (κ2) is 7.29. The van der Waals surface area contributed by atoms with Gasteiger partial charge in [0, 0.05) is 0 Å². The first-order chi connectivity index (χ1) is 8.19. The summed E-state index contributed by atoms with van der Waals surface area (Å²) in [6, 6.07) is -1.64. The van der Waals surface area contributed by atoms with Crippen molar-refractivity contribution in [3.63, 3.8) is 0 Å². The lowest BCUT2D eigenvalue weighted by atomic mass is 10.2. The second-order valence-electron chi connectivity index (χ2n) is 3.55. The summed E-state index contributed by atoms with van der Waals surface area (Å²) in [5.74, 6) is -2.78. The summed E-state index contributed by atoms with van der Waals surface area (Å²) < 4.78 is 29.3. The minimum absolute atomic E-state index is 0.137. The molecule has 0 saturated carbocycles. The van der Waals surface area contributed by atoms with E-state index < -0.39 is 39.9 Å². The molecular formula is C9H17NO7S. The molecule has 0 saturated heterocycles. The van der Waals surface area contributed by atoms with Crippen molar-refractivity contribution >= 4 is 22.0 Å². The molecule has 3 N–H and O–H groups in total. The van der Waals surface area contributed by atoms with E-state index in [0.29, 0.717) is 0 Å². The molecule has 0 aromatic rings. The molecule has 0 amide bonds. The van der Waals surface area contributed by atoms with Crippen molar-refractivity contribution in [1.29, 1.82) is 0 Å². The van der Waals surface area contributed by atoms with Crippen LogP contribution in [0.2, 0.25) is 0 Å². The van der Waals surface area contributed by atoms with Gasteiger partial charge in [-0.15, -0.1) is 0 Å². The first-order valence-corrected chi connectivity index (χ1v) is 6.91. The van der Waals surface area contributed by atoms with Gasteiger partial charge in [0.1, 0.15) is 6.04 Å². The highest BCUT2D eigenvalue weighted by Gasteiger charge is 2.28. The van der Waals surface area contributed by atoms with E-state index in [-0.39, 0.29) is 13.0 Å². The van der Waals surface area contributed by atoms with Crippen LogP contribution < -0.4 is 4.72 Å². The van der Waals surface area contributed by atoms with E-state index >= 15 is 0 Å². The highest BCUT2D eigenvalue weighted by molar-refractivity contribution is 7.89. The first-order valence-electron chi connectivity index (χ1n) is 5.26. The van der Waals surface area contributed by atoms with Crippen molar-refractivity contribution < 1.29 is 33.0 Å². The number of carbonyl (C=O) groups is 2. The number of sulfonamides is 1. The Hall–Kier alpha value is -1.19. The van der Waals surface area contributed by atoms with Crippen LogP contribution in [0.4, 0.5) is 0 Å². The SMILES string of the molecule is CCOC(=O)CCS(=O)(=O)NC(C(=O)O)C(C)O. The molecule has 0 aliphatic carbocycles. The van der Waals surface area contributed by atoms with Crippen molar-refractivity contribution in [2.24, 2.45) is 0 Å². The zero-order chi connectivity index (χ0) is 14.3. The lowest BCUT2D eigenvalue weighted by Crippen LogP contribution is -2.48. The molecule has 0 aliphatic heterocycles. The fourth-order valence-electron chi connectivity index (χ4n) is 1.06. The highest BCUT2D eigenvalue weighted by atomic mass is 32.2. The predicted octanol–water partition coefficient (Wildman–Crippen LogP) is -1.31. The van der Waals surface area contributed by atoms with Gasteiger partial charge in [0.05, 0.1) is 24.9 Å². The lowest BCUT2D eigenvalue weighted by molar-refractivity contribution is -0.142. The minimum atomic E-state index is -3.98. The average molecular weight is 283 g/mol. The average Bonchev–Trinajstić information content (AvgIpc) is 2.23. The van der Waals surface area contributed by atoms with E-state index in [1.165, 1.54) is 0 Å². The molecule has 0 aliphatic rings.